The van der Waals surface area contributed by atoms with E-state index >= 15 is 0 Å². The van der Waals surface area contributed by atoms with Gasteiger partial charge < -0.3 is 5.73 Å². The third kappa shape index (κ3) is 10.5. The quantitative estimate of drug-likeness (QED) is 0.514. The number of rotatable bonds is 0. The zero-order valence-corrected chi connectivity index (χ0v) is 6.97. The lowest BCUT2D eigenvalue weighted by Crippen LogP contribution is -1.85. The van der Waals surface area contributed by atoms with Gasteiger partial charge in [-0.05, 0) is 7.05 Å². The summed E-state index contributed by atoms with van der Waals surface area (Å²) in [5.41, 5.74) is 4.50. The van der Waals surface area contributed by atoms with Crippen LogP contribution in [0.4, 0.5) is 0 Å². The molecular formula is C9H19N. The molecule has 0 amide bonds. The van der Waals surface area contributed by atoms with Crippen molar-refractivity contribution in [2.45, 2.75) is 38.5 Å². The molecule has 0 aromatic heterocycles. The summed E-state index contributed by atoms with van der Waals surface area (Å²) in [6.45, 7) is 0. The van der Waals surface area contributed by atoms with Crippen LogP contribution in [-0.4, -0.2) is 7.05 Å². The van der Waals surface area contributed by atoms with Crippen LogP contribution < -0.4 is 5.73 Å². The summed E-state index contributed by atoms with van der Waals surface area (Å²) in [6, 6.07) is 0. The third-order valence-corrected chi connectivity index (χ3v) is 1.50. The Labute approximate surface area is 65.0 Å². The first kappa shape index (κ1) is 12.2. The molecule has 0 saturated heterocycles. The van der Waals surface area contributed by atoms with Crippen molar-refractivity contribution in [3.63, 3.8) is 0 Å². The second-order valence-corrected chi connectivity index (χ2v) is 2.12. The molecule has 1 aliphatic carbocycles. The van der Waals surface area contributed by atoms with Crippen LogP contribution in [0.3, 0.4) is 0 Å². The molecule has 1 saturated carbocycles. The van der Waals surface area contributed by atoms with Crippen molar-refractivity contribution >= 4 is 0 Å². The lowest BCUT2D eigenvalue weighted by Gasteiger charge is -2.05. The summed E-state index contributed by atoms with van der Waals surface area (Å²) in [5.74, 6) is 0. The molecule has 1 fully saturated rings. The van der Waals surface area contributed by atoms with E-state index < -0.39 is 0 Å². The molecule has 0 heterocycles. The number of nitrogens with two attached hydrogens (primary N) is 1. The zero-order chi connectivity index (χ0) is 8.24. The summed E-state index contributed by atoms with van der Waals surface area (Å²) < 4.78 is 0. The Balaban J connectivity index is 0. The van der Waals surface area contributed by atoms with Gasteiger partial charge in [0.05, 0.1) is 0 Å². The molecule has 1 rings (SSSR count). The highest BCUT2D eigenvalue weighted by atomic mass is 14.4. The molecule has 60 valence electrons. The van der Waals surface area contributed by atoms with Gasteiger partial charge in [-0.3, -0.25) is 0 Å². The summed E-state index contributed by atoms with van der Waals surface area (Å²) >= 11 is 0. The SMILES string of the molecule is C#C.C1CCCCC1.CN. The van der Waals surface area contributed by atoms with Gasteiger partial charge in [0.25, 0.3) is 0 Å². The lowest BCUT2D eigenvalue weighted by atomic mass is 10.0. The Morgan fingerprint density at radius 3 is 0.900 bits per heavy atom. The molecule has 0 aromatic rings. The minimum atomic E-state index is 1.50. The Kier molecular flexibility index (Phi) is 19.3. The van der Waals surface area contributed by atoms with E-state index in [2.05, 4.69) is 18.6 Å². The minimum absolute atomic E-state index is 1.50. The molecule has 1 heteroatoms. The summed E-state index contributed by atoms with van der Waals surface area (Å²) in [7, 11) is 1.50. The standard InChI is InChI=1S/C6H12.C2H2.CH5N/c1-2-4-6-5-3-1;2*1-2/h1-6H2;1-2H;2H2,1H3. The molecule has 0 radical (unpaired) electrons. The smallest absolute Gasteiger partial charge is 0.0195 e. The highest BCUT2D eigenvalue weighted by molar-refractivity contribution is 4.51. The van der Waals surface area contributed by atoms with E-state index in [-0.39, 0.29) is 0 Å². The normalized spacial score (nSPS) is 15.2. The Hall–Kier alpha value is -0.480. The molecule has 0 aromatic carbocycles. The van der Waals surface area contributed by atoms with Gasteiger partial charge in [0, 0.05) is 0 Å². The van der Waals surface area contributed by atoms with Crippen LogP contribution in [0.25, 0.3) is 0 Å². The van der Waals surface area contributed by atoms with Gasteiger partial charge in [-0.25, -0.2) is 0 Å². The second kappa shape index (κ2) is 15.8. The Morgan fingerprint density at radius 2 is 0.800 bits per heavy atom. The second-order valence-electron chi connectivity index (χ2n) is 2.12. The molecule has 0 spiro atoms. The highest BCUT2D eigenvalue weighted by Crippen LogP contribution is 2.15. The van der Waals surface area contributed by atoms with Crippen LogP contribution in [0, 0.1) is 12.8 Å². The molecule has 10 heavy (non-hydrogen) atoms. The monoisotopic (exact) mass is 141 g/mol. The topological polar surface area (TPSA) is 26.0 Å². The number of hydrogen-bond acceptors (Lipinski definition) is 1. The fraction of sp³-hybridized carbons (Fsp3) is 0.778. The fourth-order valence-corrected chi connectivity index (χ4v) is 1.06. The Bertz CT molecular complexity index is 41.5. The van der Waals surface area contributed by atoms with Gasteiger partial charge in [0.2, 0.25) is 0 Å². The molecule has 0 aliphatic heterocycles. The van der Waals surface area contributed by atoms with Crippen molar-refractivity contribution < 1.29 is 0 Å². The summed E-state index contributed by atoms with van der Waals surface area (Å²) in [6.07, 6.45) is 17.0. The van der Waals surface area contributed by atoms with Crippen molar-refractivity contribution in [1.29, 1.82) is 0 Å². The van der Waals surface area contributed by atoms with E-state index in [1.165, 1.54) is 45.6 Å². The molecule has 0 unspecified atom stereocenters. The molecular weight excluding hydrogens is 122 g/mol. The molecule has 1 aliphatic rings. The number of hydrogen-bond donors (Lipinski definition) is 1. The summed E-state index contributed by atoms with van der Waals surface area (Å²) in [4.78, 5) is 0. The van der Waals surface area contributed by atoms with E-state index in [9.17, 15) is 0 Å². The predicted octanol–water partition coefficient (Wildman–Crippen LogP) is 2.16. The number of terminal acetylenes is 1. The largest absolute Gasteiger partial charge is 0.333 e. The Morgan fingerprint density at radius 1 is 0.700 bits per heavy atom. The maximum atomic E-state index is 4.50. The van der Waals surface area contributed by atoms with Gasteiger partial charge in [0.15, 0.2) is 0 Å². The average molecular weight is 141 g/mol. The van der Waals surface area contributed by atoms with Crippen molar-refractivity contribution in [2.75, 3.05) is 7.05 Å². The average Bonchev–Trinajstić information content (AvgIpc) is 2.14. The molecule has 0 atom stereocenters. The van der Waals surface area contributed by atoms with Gasteiger partial charge >= 0.3 is 0 Å². The van der Waals surface area contributed by atoms with Gasteiger partial charge in [-0.2, -0.15) is 0 Å². The zero-order valence-electron chi connectivity index (χ0n) is 6.97. The maximum absolute atomic E-state index is 4.50. The van der Waals surface area contributed by atoms with Crippen LogP contribution in [0.2, 0.25) is 0 Å². The van der Waals surface area contributed by atoms with Crippen LogP contribution in [0.15, 0.2) is 0 Å². The van der Waals surface area contributed by atoms with Crippen molar-refractivity contribution in [2.24, 2.45) is 5.73 Å². The van der Waals surface area contributed by atoms with Crippen molar-refractivity contribution in [1.82, 2.24) is 0 Å². The third-order valence-electron chi connectivity index (χ3n) is 1.50. The first-order valence-corrected chi connectivity index (χ1v) is 3.91. The van der Waals surface area contributed by atoms with E-state index in [0.717, 1.165) is 0 Å². The van der Waals surface area contributed by atoms with Crippen LogP contribution >= 0.6 is 0 Å². The summed E-state index contributed by atoms with van der Waals surface area (Å²) in [5, 5.41) is 0. The van der Waals surface area contributed by atoms with Gasteiger partial charge in [-0.1, -0.05) is 38.5 Å². The van der Waals surface area contributed by atoms with Crippen molar-refractivity contribution in [3.8, 4) is 12.8 Å². The maximum Gasteiger partial charge on any atom is -0.0195 e. The van der Waals surface area contributed by atoms with Gasteiger partial charge in [0.1, 0.15) is 0 Å². The molecule has 1 nitrogen and oxygen atoms in total. The molecule has 0 bridgehead atoms. The first-order valence-electron chi connectivity index (χ1n) is 3.91. The van der Waals surface area contributed by atoms with E-state index in [0.29, 0.717) is 0 Å². The van der Waals surface area contributed by atoms with Crippen LogP contribution in [0.5, 0.6) is 0 Å². The van der Waals surface area contributed by atoms with Crippen molar-refractivity contribution in [3.05, 3.63) is 0 Å². The van der Waals surface area contributed by atoms with E-state index in [4.69, 9.17) is 0 Å². The van der Waals surface area contributed by atoms with E-state index in [1.54, 1.807) is 0 Å². The first-order chi connectivity index (χ1) is 5.00. The highest BCUT2D eigenvalue weighted by Gasteiger charge is 1.95. The van der Waals surface area contributed by atoms with Gasteiger partial charge in [-0.15, -0.1) is 12.8 Å². The fourth-order valence-electron chi connectivity index (χ4n) is 1.06. The van der Waals surface area contributed by atoms with Crippen LogP contribution in [0.1, 0.15) is 38.5 Å². The minimum Gasteiger partial charge on any atom is -0.333 e. The lowest BCUT2D eigenvalue weighted by molar-refractivity contribution is 0.504. The van der Waals surface area contributed by atoms with E-state index in [1.807, 2.05) is 0 Å². The van der Waals surface area contributed by atoms with Crippen LogP contribution in [-0.2, 0) is 0 Å². The molecule has 2 N–H and O–H groups in total. The predicted molar refractivity (Wildman–Crippen MR) is 47.7 cm³/mol.